The predicted molar refractivity (Wildman–Crippen MR) is 99.4 cm³/mol. The van der Waals surface area contributed by atoms with Gasteiger partial charge in [0.15, 0.2) is 7.58 Å². The quantitative estimate of drug-likeness (QED) is 0.859. The summed E-state index contributed by atoms with van der Waals surface area (Å²) in [6.45, 7) is 0.332. The van der Waals surface area contributed by atoms with Gasteiger partial charge >= 0.3 is 0 Å². The summed E-state index contributed by atoms with van der Waals surface area (Å²) in [7, 11) is 1.57. The molecule has 2 atom stereocenters. The number of nitrogens with zero attached hydrogens (tertiary/aromatic N) is 1. The van der Waals surface area contributed by atoms with E-state index in [2.05, 4.69) is 4.99 Å². The fraction of sp³-hybridized carbons (Fsp3) is 0.200. The molecular formula is C20H19N3O4. The molecular weight excluding hydrogens is 346 g/mol. The lowest BCUT2D eigenvalue weighted by Gasteiger charge is -2.31. The summed E-state index contributed by atoms with van der Waals surface area (Å²) in [4.78, 5) is 16.2. The molecule has 1 amide bonds. The monoisotopic (exact) mass is 366 g/mol. The minimum atomic E-state index is -1.19. The van der Waals surface area contributed by atoms with Crippen LogP contribution in [-0.2, 0) is 16.1 Å². The predicted octanol–water partition coefficient (Wildman–Crippen LogP) is 1.72. The molecule has 3 N–H and O–H groups in total. The third-order valence-corrected chi connectivity index (χ3v) is 4.28. The number of primary amides is 1. The molecule has 0 bridgehead atoms. The maximum atomic E-state index is 11.9. The summed E-state index contributed by atoms with van der Waals surface area (Å²) in [6.07, 6.45) is -0.379. The standard InChI is InChI=1S/C20H19N3O4/c1-25-14-7-4-6-12(9-14)15-10-16(23-19(22-15)18(21)24)20-26-11-13-5-2-3-8-17(13)27-20/h2-10,19-20,23H,11H2,1H3,(H2,21,24)/i/hD. The van der Waals surface area contributed by atoms with Crippen LogP contribution in [0.3, 0.4) is 0 Å². The number of methoxy groups -OCH3 is 1. The fourth-order valence-electron chi connectivity index (χ4n) is 2.91. The molecule has 0 aromatic heterocycles. The molecule has 4 rings (SSSR count). The highest BCUT2D eigenvalue weighted by molar-refractivity contribution is 6.10. The zero-order chi connectivity index (χ0) is 19.7. The van der Waals surface area contributed by atoms with Crippen molar-refractivity contribution in [1.82, 2.24) is 5.31 Å². The van der Waals surface area contributed by atoms with Crippen LogP contribution in [0.1, 0.15) is 11.1 Å². The number of aliphatic imine (C=N–C) groups is 1. The summed E-state index contributed by atoms with van der Waals surface area (Å²) >= 11 is 0. The van der Waals surface area contributed by atoms with Gasteiger partial charge in [-0.15, -0.1) is 0 Å². The number of rotatable bonds is 4. The molecule has 0 spiro atoms. The molecule has 0 saturated carbocycles. The number of ether oxygens (including phenoxy) is 3. The Morgan fingerprint density at radius 1 is 1.33 bits per heavy atom. The smallest absolute Gasteiger partial charge is 0.262 e. The Morgan fingerprint density at radius 2 is 2.19 bits per heavy atom. The van der Waals surface area contributed by atoms with E-state index in [-0.39, 0.29) is 0 Å². The molecule has 0 saturated heterocycles. The second-order valence-electron chi connectivity index (χ2n) is 6.09. The molecule has 2 heterocycles. The number of nitrogens with two attached hydrogens (primary N) is 1. The van der Waals surface area contributed by atoms with E-state index in [4.69, 9.17) is 21.4 Å². The highest BCUT2D eigenvalue weighted by atomic mass is 16.7. The Hall–Kier alpha value is -3.32. The van der Waals surface area contributed by atoms with E-state index in [1.54, 1.807) is 19.3 Å². The van der Waals surface area contributed by atoms with Crippen LogP contribution in [0.25, 0.3) is 0 Å². The molecule has 27 heavy (non-hydrogen) atoms. The molecule has 2 aliphatic rings. The van der Waals surface area contributed by atoms with E-state index >= 15 is 0 Å². The van der Waals surface area contributed by atoms with Gasteiger partial charge in [-0.2, -0.15) is 0 Å². The van der Waals surface area contributed by atoms with Crippen molar-refractivity contribution in [2.75, 3.05) is 7.11 Å². The first-order valence-corrected chi connectivity index (χ1v) is 8.44. The van der Waals surface area contributed by atoms with Crippen molar-refractivity contribution in [2.24, 2.45) is 10.7 Å². The molecule has 2 aliphatic heterocycles. The van der Waals surface area contributed by atoms with E-state index in [9.17, 15) is 4.79 Å². The third-order valence-electron chi connectivity index (χ3n) is 4.28. The summed E-state index contributed by atoms with van der Waals surface area (Å²) in [5.41, 5.74) is 7.96. The van der Waals surface area contributed by atoms with Crippen molar-refractivity contribution < 1.29 is 20.4 Å². The van der Waals surface area contributed by atoms with Crippen LogP contribution >= 0.6 is 0 Å². The molecule has 0 radical (unpaired) electrons. The zero-order valence-electron chi connectivity index (χ0n) is 15.7. The summed E-state index contributed by atoms with van der Waals surface area (Å²) < 4.78 is 25.3. The second-order valence-corrected chi connectivity index (χ2v) is 6.09. The van der Waals surface area contributed by atoms with Crippen molar-refractivity contribution in [3.63, 3.8) is 0 Å². The van der Waals surface area contributed by atoms with E-state index in [0.29, 0.717) is 29.5 Å². The van der Waals surface area contributed by atoms with Crippen LogP contribution in [0.2, 0.25) is 1.41 Å². The van der Waals surface area contributed by atoms with Crippen LogP contribution in [0.5, 0.6) is 11.5 Å². The summed E-state index contributed by atoms with van der Waals surface area (Å²) in [5.74, 6) is 0.587. The average Bonchev–Trinajstić information content (AvgIpc) is 2.73. The van der Waals surface area contributed by atoms with Gasteiger partial charge in [-0.3, -0.25) is 9.79 Å². The Bertz CT molecular complexity index is 975. The van der Waals surface area contributed by atoms with Gasteiger partial charge in [0.1, 0.15) is 11.5 Å². The van der Waals surface area contributed by atoms with E-state index in [0.717, 1.165) is 16.4 Å². The Kier molecular flexibility index (Phi) is 4.20. The number of carbonyl (C=O) groups is 1. The van der Waals surface area contributed by atoms with Crippen molar-refractivity contribution in [3.8, 4) is 11.5 Å². The maximum Gasteiger partial charge on any atom is 0.262 e. The van der Waals surface area contributed by atoms with Gasteiger partial charge in [0.05, 0.1) is 25.1 Å². The lowest BCUT2D eigenvalue weighted by Crippen LogP contribution is -2.46. The van der Waals surface area contributed by atoms with Crippen molar-refractivity contribution in [2.45, 2.75) is 19.1 Å². The number of benzene rings is 2. The first-order chi connectivity index (χ1) is 13.6. The molecule has 2 aromatic rings. The van der Waals surface area contributed by atoms with Gasteiger partial charge in [0, 0.05) is 11.1 Å². The van der Waals surface area contributed by atoms with E-state index in [1.807, 2.05) is 42.5 Å². The molecule has 0 fully saturated rings. The lowest BCUT2D eigenvalue weighted by molar-refractivity contribution is -0.120. The first-order valence-electron chi connectivity index (χ1n) is 8.89. The molecule has 2 aromatic carbocycles. The van der Waals surface area contributed by atoms with Crippen LogP contribution in [0.4, 0.5) is 0 Å². The Balaban J connectivity index is 1.72. The number of amides is 1. The molecule has 0 aliphatic carbocycles. The number of para-hydroxylation sites is 1. The van der Waals surface area contributed by atoms with Crippen molar-refractivity contribution in [3.05, 3.63) is 71.4 Å². The maximum absolute atomic E-state index is 11.9. The van der Waals surface area contributed by atoms with E-state index < -0.39 is 18.4 Å². The largest absolute Gasteiger partial charge is 0.497 e. The van der Waals surface area contributed by atoms with Gasteiger partial charge in [-0.1, -0.05) is 30.3 Å². The molecule has 138 valence electrons. The van der Waals surface area contributed by atoms with Gasteiger partial charge in [0.25, 0.3) is 5.91 Å². The average molecular weight is 366 g/mol. The number of hydrogen-bond donors (Lipinski definition) is 2. The van der Waals surface area contributed by atoms with E-state index in [1.165, 1.54) is 0 Å². The Morgan fingerprint density at radius 3 is 3.00 bits per heavy atom. The molecule has 2 unspecified atom stereocenters. The number of nitrogens with one attached hydrogen (secondary N) is 1. The Labute approximate surface area is 157 Å². The van der Waals surface area contributed by atoms with Gasteiger partial charge in [0.2, 0.25) is 6.29 Å². The van der Waals surface area contributed by atoms with Gasteiger partial charge in [-0.25, -0.2) is 0 Å². The highest BCUT2D eigenvalue weighted by Gasteiger charge is 2.30. The molecule has 7 heteroatoms. The van der Waals surface area contributed by atoms with Crippen LogP contribution in [-0.4, -0.2) is 31.2 Å². The molecule has 7 nitrogen and oxygen atoms in total. The minimum absolute atomic E-state index is 0.332. The highest BCUT2D eigenvalue weighted by Crippen LogP contribution is 2.28. The fourth-order valence-corrected chi connectivity index (χ4v) is 2.91. The van der Waals surface area contributed by atoms with Crippen molar-refractivity contribution >= 4 is 11.6 Å². The first kappa shape index (κ1) is 15.9. The lowest BCUT2D eigenvalue weighted by atomic mass is 10.1. The van der Waals surface area contributed by atoms with Crippen LogP contribution < -0.4 is 20.5 Å². The van der Waals surface area contributed by atoms with Crippen LogP contribution in [0.15, 0.2) is 65.3 Å². The van der Waals surface area contributed by atoms with Crippen molar-refractivity contribution in [1.29, 1.82) is 0 Å². The second kappa shape index (κ2) is 7.13. The topological polar surface area (TPSA) is 95.2 Å². The van der Waals surface area contributed by atoms with Crippen LogP contribution in [0, 0.1) is 0 Å². The zero-order valence-corrected chi connectivity index (χ0v) is 14.7. The third kappa shape index (κ3) is 3.50. The number of hydrogen-bond acceptors (Lipinski definition) is 6. The number of fused-ring (bicyclic) bond motifs is 1. The minimum Gasteiger partial charge on any atom is -0.497 e. The summed E-state index contributed by atoms with van der Waals surface area (Å²) in [6, 6.07) is 14.8. The number of carbonyl (C=O) groups excluding carboxylic acids is 1. The van der Waals surface area contributed by atoms with Gasteiger partial charge < -0.3 is 25.3 Å². The van der Waals surface area contributed by atoms with Gasteiger partial charge in [-0.05, 0) is 24.3 Å². The number of allylic oxidation sites excluding steroid dienone is 1. The normalized spacial score (nSPS) is 22.0. The summed E-state index contributed by atoms with van der Waals surface area (Å²) in [5, 5.41) is 0.935. The SMILES string of the molecule is [2H]N1C(C2OCc3ccccc3O2)=CC(c2cccc(OC)c2)=NC1C(N)=O.